The van der Waals surface area contributed by atoms with Crippen molar-refractivity contribution >= 4 is 34.4 Å². The lowest BCUT2D eigenvalue weighted by Crippen LogP contribution is -2.01. The van der Waals surface area contributed by atoms with E-state index in [1.807, 2.05) is 48.4 Å². The van der Waals surface area contributed by atoms with Crippen LogP contribution in [-0.4, -0.2) is 19.3 Å². The third kappa shape index (κ3) is 3.57. The number of thioether (sulfide) groups is 1. The highest BCUT2D eigenvalue weighted by atomic mass is 35.5. The Morgan fingerprint density at radius 2 is 1.92 bits per heavy atom. The van der Waals surface area contributed by atoms with Gasteiger partial charge in [0, 0.05) is 29.6 Å². The van der Waals surface area contributed by atoms with Crippen LogP contribution in [0.25, 0.3) is 11.0 Å². The fourth-order valence-corrected chi connectivity index (χ4v) is 3.90. The SMILES string of the molecule is Cn1cc(CSc2nc3cc(Cl)ccc3n2Cc2ccccc2)cn1. The summed E-state index contributed by atoms with van der Waals surface area (Å²) in [6.45, 7) is 0.786. The number of hydrogen-bond acceptors (Lipinski definition) is 3. The molecule has 2 heterocycles. The number of halogens is 1. The third-order valence-electron chi connectivity index (χ3n) is 3.99. The first-order valence-electron chi connectivity index (χ1n) is 7.99. The minimum absolute atomic E-state index is 0.709. The number of aryl methyl sites for hydroxylation is 1. The van der Waals surface area contributed by atoms with Gasteiger partial charge in [-0.15, -0.1) is 0 Å². The van der Waals surface area contributed by atoms with Crippen LogP contribution in [0.4, 0.5) is 0 Å². The fraction of sp³-hybridized carbons (Fsp3) is 0.158. The quantitative estimate of drug-likeness (QED) is 0.476. The molecule has 0 bridgehead atoms. The van der Waals surface area contributed by atoms with Crippen molar-refractivity contribution in [1.29, 1.82) is 0 Å². The molecule has 0 atom stereocenters. The van der Waals surface area contributed by atoms with Gasteiger partial charge >= 0.3 is 0 Å². The number of rotatable bonds is 5. The Morgan fingerprint density at radius 1 is 1.08 bits per heavy atom. The molecule has 4 aromatic rings. The molecule has 6 heteroatoms. The number of fused-ring (bicyclic) bond motifs is 1. The molecule has 0 saturated heterocycles. The Hall–Kier alpha value is -2.24. The number of nitrogens with zero attached hydrogens (tertiary/aromatic N) is 4. The normalized spacial score (nSPS) is 11.3. The van der Waals surface area contributed by atoms with Crippen LogP contribution in [0.3, 0.4) is 0 Å². The van der Waals surface area contributed by atoms with Gasteiger partial charge in [-0.25, -0.2) is 4.98 Å². The Morgan fingerprint density at radius 3 is 2.68 bits per heavy atom. The minimum Gasteiger partial charge on any atom is -0.314 e. The highest BCUT2D eigenvalue weighted by Crippen LogP contribution is 2.29. The number of benzene rings is 2. The molecule has 4 rings (SSSR count). The molecule has 0 aliphatic heterocycles. The molecule has 126 valence electrons. The van der Waals surface area contributed by atoms with Crippen molar-refractivity contribution < 1.29 is 0 Å². The maximum Gasteiger partial charge on any atom is 0.169 e. The van der Waals surface area contributed by atoms with E-state index in [-0.39, 0.29) is 0 Å². The van der Waals surface area contributed by atoms with E-state index < -0.39 is 0 Å². The van der Waals surface area contributed by atoms with Crippen molar-refractivity contribution in [3.63, 3.8) is 0 Å². The van der Waals surface area contributed by atoms with Gasteiger partial charge in [-0.3, -0.25) is 4.68 Å². The fourth-order valence-electron chi connectivity index (χ4n) is 2.80. The highest BCUT2D eigenvalue weighted by Gasteiger charge is 2.13. The van der Waals surface area contributed by atoms with Crippen molar-refractivity contribution in [3.05, 3.63) is 77.1 Å². The molecule has 2 aromatic heterocycles. The molecule has 0 N–H and O–H groups in total. The average Bonchev–Trinajstić information content (AvgIpc) is 3.17. The zero-order valence-corrected chi connectivity index (χ0v) is 15.3. The van der Waals surface area contributed by atoms with Crippen molar-refractivity contribution in [2.75, 3.05) is 0 Å². The molecule has 0 unspecified atom stereocenters. The lowest BCUT2D eigenvalue weighted by molar-refractivity contribution is 0.731. The molecular weight excluding hydrogens is 352 g/mol. The predicted molar refractivity (Wildman–Crippen MR) is 103 cm³/mol. The second kappa shape index (κ2) is 6.94. The van der Waals surface area contributed by atoms with Crippen LogP contribution in [0.15, 0.2) is 66.1 Å². The predicted octanol–water partition coefficient (Wildman–Crippen LogP) is 4.76. The van der Waals surface area contributed by atoms with Crippen molar-refractivity contribution in [3.8, 4) is 0 Å². The monoisotopic (exact) mass is 368 g/mol. The summed E-state index contributed by atoms with van der Waals surface area (Å²) >= 11 is 7.87. The van der Waals surface area contributed by atoms with Gasteiger partial charge in [0.25, 0.3) is 0 Å². The molecule has 0 amide bonds. The zero-order valence-electron chi connectivity index (χ0n) is 13.8. The summed E-state index contributed by atoms with van der Waals surface area (Å²) in [7, 11) is 1.93. The summed E-state index contributed by atoms with van der Waals surface area (Å²) < 4.78 is 4.07. The molecule has 0 aliphatic rings. The van der Waals surface area contributed by atoms with Gasteiger partial charge in [-0.2, -0.15) is 5.10 Å². The van der Waals surface area contributed by atoms with E-state index in [0.717, 1.165) is 28.5 Å². The molecule has 0 spiro atoms. The van der Waals surface area contributed by atoms with Gasteiger partial charge in [0.1, 0.15) is 0 Å². The second-order valence-electron chi connectivity index (χ2n) is 5.91. The van der Waals surface area contributed by atoms with Gasteiger partial charge < -0.3 is 4.57 Å². The minimum atomic E-state index is 0.709. The van der Waals surface area contributed by atoms with E-state index >= 15 is 0 Å². The molecule has 0 aliphatic carbocycles. The summed E-state index contributed by atoms with van der Waals surface area (Å²) in [6, 6.07) is 16.3. The first-order chi connectivity index (χ1) is 12.2. The van der Waals surface area contributed by atoms with Crippen LogP contribution in [0, 0.1) is 0 Å². The Balaban J connectivity index is 1.69. The molecule has 0 radical (unpaired) electrons. The summed E-state index contributed by atoms with van der Waals surface area (Å²) in [5, 5.41) is 5.93. The average molecular weight is 369 g/mol. The third-order valence-corrected chi connectivity index (χ3v) is 5.27. The standard InChI is InChI=1S/C19H17ClN4S/c1-23-11-15(10-21-23)13-25-19-22-17-9-16(20)7-8-18(17)24(19)12-14-5-3-2-4-6-14/h2-11H,12-13H2,1H3. The summed E-state index contributed by atoms with van der Waals surface area (Å²) in [6.07, 6.45) is 3.93. The van der Waals surface area contributed by atoms with Gasteiger partial charge in [0.2, 0.25) is 0 Å². The van der Waals surface area contributed by atoms with E-state index in [4.69, 9.17) is 16.6 Å². The number of aromatic nitrogens is 4. The molecule has 0 fully saturated rings. The first-order valence-corrected chi connectivity index (χ1v) is 9.35. The number of imidazole rings is 1. The smallest absolute Gasteiger partial charge is 0.169 e. The van der Waals surface area contributed by atoms with Crippen LogP contribution in [-0.2, 0) is 19.3 Å². The van der Waals surface area contributed by atoms with E-state index in [2.05, 4.69) is 33.9 Å². The largest absolute Gasteiger partial charge is 0.314 e. The van der Waals surface area contributed by atoms with Crippen LogP contribution in [0.1, 0.15) is 11.1 Å². The van der Waals surface area contributed by atoms with E-state index in [1.54, 1.807) is 11.8 Å². The summed E-state index contributed by atoms with van der Waals surface area (Å²) in [4.78, 5) is 4.81. The van der Waals surface area contributed by atoms with Crippen LogP contribution >= 0.6 is 23.4 Å². The first kappa shape index (κ1) is 16.2. The lowest BCUT2D eigenvalue weighted by Gasteiger charge is -2.09. The second-order valence-corrected chi connectivity index (χ2v) is 7.29. The van der Waals surface area contributed by atoms with Crippen molar-refractivity contribution in [1.82, 2.24) is 19.3 Å². The maximum absolute atomic E-state index is 6.15. The van der Waals surface area contributed by atoms with Crippen LogP contribution in [0.5, 0.6) is 0 Å². The lowest BCUT2D eigenvalue weighted by atomic mass is 10.2. The van der Waals surface area contributed by atoms with Gasteiger partial charge in [0.05, 0.1) is 23.8 Å². The van der Waals surface area contributed by atoms with Crippen LogP contribution in [0.2, 0.25) is 5.02 Å². The zero-order chi connectivity index (χ0) is 17.2. The Bertz CT molecular complexity index is 1010. The van der Waals surface area contributed by atoms with E-state index in [9.17, 15) is 0 Å². The molecule has 4 nitrogen and oxygen atoms in total. The highest BCUT2D eigenvalue weighted by molar-refractivity contribution is 7.98. The van der Waals surface area contributed by atoms with Crippen LogP contribution < -0.4 is 0 Å². The summed E-state index contributed by atoms with van der Waals surface area (Å²) in [5.41, 5.74) is 4.46. The Labute approximate surface area is 155 Å². The van der Waals surface area contributed by atoms with E-state index in [1.165, 1.54) is 11.1 Å². The van der Waals surface area contributed by atoms with Gasteiger partial charge in [0.15, 0.2) is 5.16 Å². The molecular formula is C19H17ClN4S. The van der Waals surface area contributed by atoms with Gasteiger partial charge in [-0.05, 0) is 23.8 Å². The summed E-state index contributed by atoms with van der Waals surface area (Å²) in [5.74, 6) is 0.833. The number of hydrogen-bond donors (Lipinski definition) is 0. The van der Waals surface area contributed by atoms with E-state index in [0.29, 0.717) is 5.02 Å². The topological polar surface area (TPSA) is 35.6 Å². The van der Waals surface area contributed by atoms with Crippen molar-refractivity contribution in [2.45, 2.75) is 17.5 Å². The van der Waals surface area contributed by atoms with Crippen molar-refractivity contribution in [2.24, 2.45) is 7.05 Å². The maximum atomic E-state index is 6.15. The molecule has 0 saturated carbocycles. The Kier molecular flexibility index (Phi) is 4.51. The van der Waals surface area contributed by atoms with Gasteiger partial charge in [-0.1, -0.05) is 53.7 Å². The molecule has 2 aromatic carbocycles. The molecule has 25 heavy (non-hydrogen) atoms.